The monoisotopic (exact) mass is 373 g/mol. The Kier molecular flexibility index (Phi) is 3.86. The Hall–Kier alpha value is -1.15. The van der Waals surface area contributed by atoms with Crippen LogP contribution in [0.3, 0.4) is 0 Å². The summed E-state index contributed by atoms with van der Waals surface area (Å²) in [5.74, 6) is -0.165. The first-order valence-corrected chi connectivity index (χ1v) is 7.17. The number of carbonyl (C=O) groups excluding carboxylic acids is 1. The summed E-state index contributed by atoms with van der Waals surface area (Å²) in [7, 11) is 0. The van der Waals surface area contributed by atoms with Gasteiger partial charge in [0.25, 0.3) is 5.91 Å². The van der Waals surface area contributed by atoms with Gasteiger partial charge in [-0.1, -0.05) is 0 Å². The minimum Gasteiger partial charge on any atom is -0.398 e. The van der Waals surface area contributed by atoms with Gasteiger partial charge < -0.3 is 5.73 Å². The second-order valence-electron chi connectivity index (χ2n) is 3.85. The molecule has 1 heterocycles. The molecule has 0 radical (unpaired) electrons. The summed E-state index contributed by atoms with van der Waals surface area (Å²) in [6.45, 7) is 3.91. The number of rotatable bonds is 2. The minimum absolute atomic E-state index is 0.165. The maximum Gasteiger partial charge on any atom is 0.257 e. The highest BCUT2D eigenvalue weighted by Gasteiger charge is 2.11. The van der Waals surface area contributed by atoms with Crippen LogP contribution >= 0.6 is 33.9 Å². The fraction of sp³-hybridized carbons (Fsp3) is 0.167. The maximum absolute atomic E-state index is 12.0. The number of hydrogen-bond donors (Lipinski definition) is 2. The molecule has 6 heteroatoms. The number of aryl methyl sites for hydroxylation is 2. The van der Waals surface area contributed by atoms with Crippen molar-refractivity contribution in [2.45, 2.75) is 13.8 Å². The summed E-state index contributed by atoms with van der Waals surface area (Å²) >= 11 is 3.58. The number of hydrogen-bond acceptors (Lipinski definition) is 4. The first-order valence-electron chi connectivity index (χ1n) is 5.28. The second kappa shape index (κ2) is 5.23. The zero-order valence-corrected chi connectivity index (χ0v) is 12.9. The van der Waals surface area contributed by atoms with Gasteiger partial charge in [-0.15, -0.1) is 11.3 Å². The third-order valence-electron chi connectivity index (χ3n) is 2.51. The standard InChI is InChI=1S/C12H12IN3OS/c1-6-7(2)18-12(15-6)16-11(17)8-3-4-10(14)9(13)5-8/h3-5H,14H2,1-2H3,(H,15,16,17). The van der Waals surface area contributed by atoms with Crippen molar-refractivity contribution in [3.63, 3.8) is 0 Å². The molecule has 0 atom stereocenters. The van der Waals surface area contributed by atoms with Gasteiger partial charge in [0.1, 0.15) is 0 Å². The third-order valence-corrected chi connectivity index (χ3v) is 4.43. The summed E-state index contributed by atoms with van der Waals surface area (Å²) in [4.78, 5) is 17.4. The largest absolute Gasteiger partial charge is 0.398 e. The van der Waals surface area contributed by atoms with Crippen LogP contribution in [0.5, 0.6) is 0 Å². The predicted molar refractivity (Wildman–Crippen MR) is 83.1 cm³/mol. The lowest BCUT2D eigenvalue weighted by Crippen LogP contribution is -2.12. The number of aromatic nitrogens is 1. The highest BCUT2D eigenvalue weighted by molar-refractivity contribution is 14.1. The third kappa shape index (κ3) is 2.81. The number of nitrogen functional groups attached to an aromatic ring is 1. The van der Waals surface area contributed by atoms with Gasteiger partial charge in [0, 0.05) is 19.7 Å². The molecule has 1 amide bonds. The van der Waals surface area contributed by atoms with Gasteiger partial charge in [-0.3, -0.25) is 10.1 Å². The van der Waals surface area contributed by atoms with Crippen LogP contribution in [0, 0.1) is 17.4 Å². The van der Waals surface area contributed by atoms with Crippen molar-refractivity contribution in [2.24, 2.45) is 0 Å². The summed E-state index contributed by atoms with van der Waals surface area (Å²) in [6, 6.07) is 5.20. The van der Waals surface area contributed by atoms with Crippen molar-refractivity contribution in [3.8, 4) is 0 Å². The number of nitrogens with two attached hydrogens (primary N) is 1. The normalized spacial score (nSPS) is 10.4. The highest BCUT2D eigenvalue weighted by atomic mass is 127. The Balaban J connectivity index is 2.19. The molecule has 2 rings (SSSR count). The van der Waals surface area contributed by atoms with Gasteiger partial charge in [0.15, 0.2) is 5.13 Å². The van der Waals surface area contributed by atoms with Crippen LogP contribution in [0.4, 0.5) is 10.8 Å². The van der Waals surface area contributed by atoms with Gasteiger partial charge in [-0.25, -0.2) is 4.98 Å². The van der Waals surface area contributed by atoms with Crippen molar-refractivity contribution in [1.29, 1.82) is 0 Å². The number of thiazole rings is 1. The molecule has 0 saturated heterocycles. The number of anilines is 2. The first kappa shape index (κ1) is 13.3. The molecule has 0 unspecified atom stereocenters. The predicted octanol–water partition coefficient (Wildman–Crippen LogP) is 3.20. The van der Waals surface area contributed by atoms with Crippen LogP contribution in [0.1, 0.15) is 20.9 Å². The molecular formula is C12H12IN3OS. The Labute approximate surface area is 123 Å². The van der Waals surface area contributed by atoms with Gasteiger partial charge in [0.05, 0.1) is 5.69 Å². The Bertz CT molecular complexity index is 590. The molecule has 1 aromatic heterocycles. The van der Waals surface area contributed by atoms with E-state index in [9.17, 15) is 4.79 Å². The lowest BCUT2D eigenvalue weighted by molar-refractivity contribution is 0.102. The van der Waals surface area contributed by atoms with Crippen molar-refractivity contribution in [1.82, 2.24) is 4.98 Å². The lowest BCUT2D eigenvalue weighted by atomic mass is 10.2. The van der Waals surface area contributed by atoms with E-state index in [-0.39, 0.29) is 5.91 Å². The van der Waals surface area contributed by atoms with E-state index in [1.807, 2.05) is 13.8 Å². The smallest absolute Gasteiger partial charge is 0.257 e. The first-order chi connectivity index (χ1) is 8.47. The van der Waals surface area contributed by atoms with E-state index in [0.717, 1.165) is 14.1 Å². The van der Waals surface area contributed by atoms with Crippen LogP contribution in [-0.2, 0) is 0 Å². The molecule has 3 N–H and O–H groups in total. The van der Waals surface area contributed by atoms with Gasteiger partial charge in [0.2, 0.25) is 0 Å². The molecular weight excluding hydrogens is 361 g/mol. The number of benzene rings is 1. The van der Waals surface area contributed by atoms with Crippen LogP contribution < -0.4 is 11.1 Å². The summed E-state index contributed by atoms with van der Waals surface area (Å²) in [5, 5.41) is 3.42. The van der Waals surface area contributed by atoms with Crippen LogP contribution in [0.15, 0.2) is 18.2 Å². The van der Waals surface area contributed by atoms with E-state index in [2.05, 4.69) is 32.9 Å². The van der Waals surface area contributed by atoms with Gasteiger partial charge >= 0.3 is 0 Å². The topological polar surface area (TPSA) is 68.0 Å². The zero-order chi connectivity index (χ0) is 13.3. The molecule has 0 aliphatic heterocycles. The summed E-state index contributed by atoms with van der Waals surface area (Å²) < 4.78 is 0.867. The van der Waals surface area contributed by atoms with Gasteiger partial charge in [-0.05, 0) is 54.6 Å². The molecule has 0 saturated carbocycles. The highest BCUT2D eigenvalue weighted by Crippen LogP contribution is 2.22. The van der Waals surface area contributed by atoms with Crippen molar-refractivity contribution in [2.75, 3.05) is 11.1 Å². The van der Waals surface area contributed by atoms with Crippen molar-refractivity contribution in [3.05, 3.63) is 37.9 Å². The van der Waals surface area contributed by atoms with Crippen molar-refractivity contribution >= 4 is 50.7 Å². The SMILES string of the molecule is Cc1nc(NC(=O)c2ccc(N)c(I)c2)sc1C. The van der Waals surface area contributed by atoms with Crippen LogP contribution in [-0.4, -0.2) is 10.9 Å². The fourth-order valence-electron chi connectivity index (χ4n) is 1.36. The Morgan fingerprint density at radius 3 is 2.72 bits per heavy atom. The fourth-order valence-corrected chi connectivity index (χ4v) is 2.69. The van der Waals surface area contributed by atoms with Crippen molar-refractivity contribution < 1.29 is 4.79 Å². The summed E-state index contributed by atoms with van der Waals surface area (Å²) in [5.41, 5.74) is 7.92. The summed E-state index contributed by atoms with van der Waals surface area (Å²) in [6.07, 6.45) is 0. The molecule has 1 aromatic carbocycles. The van der Waals surface area contributed by atoms with Gasteiger partial charge in [-0.2, -0.15) is 0 Å². The second-order valence-corrected chi connectivity index (χ2v) is 6.22. The van der Waals surface area contributed by atoms with E-state index in [4.69, 9.17) is 5.73 Å². The Morgan fingerprint density at radius 1 is 1.44 bits per heavy atom. The van der Waals surface area contributed by atoms with E-state index in [1.165, 1.54) is 11.3 Å². The molecule has 0 spiro atoms. The number of halogens is 1. The average Bonchev–Trinajstić information content (AvgIpc) is 2.61. The quantitative estimate of drug-likeness (QED) is 0.628. The van der Waals surface area contributed by atoms with E-state index in [0.29, 0.717) is 16.4 Å². The molecule has 4 nitrogen and oxygen atoms in total. The number of nitrogens with zero attached hydrogens (tertiary/aromatic N) is 1. The molecule has 0 aliphatic rings. The number of carbonyl (C=O) groups is 1. The molecule has 0 aliphatic carbocycles. The van der Waals surface area contributed by atoms with E-state index < -0.39 is 0 Å². The maximum atomic E-state index is 12.0. The van der Waals surface area contributed by atoms with E-state index in [1.54, 1.807) is 18.2 Å². The molecule has 94 valence electrons. The molecule has 0 fully saturated rings. The Morgan fingerprint density at radius 2 is 2.17 bits per heavy atom. The molecule has 18 heavy (non-hydrogen) atoms. The molecule has 2 aromatic rings. The molecule has 0 bridgehead atoms. The lowest BCUT2D eigenvalue weighted by Gasteiger charge is -2.03. The van der Waals surface area contributed by atoms with Crippen LogP contribution in [0.25, 0.3) is 0 Å². The van der Waals surface area contributed by atoms with Crippen LogP contribution in [0.2, 0.25) is 0 Å². The minimum atomic E-state index is -0.165. The van der Waals surface area contributed by atoms with E-state index >= 15 is 0 Å². The number of nitrogens with one attached hydrogen (secondary N) is 1. The number of amides is 1. The zero-order valence-electron chi connectivity index (χ0n) is 9.95. The average molecular weight is 373 g/mol.